The van der Waals surface area contributed by atoms with Crippen LogP contribution in [0.3, 0.4) is 0 Å². The summed E-state index contributed by atoms with van der Waals surface area (Å²) in [6, 6.07) is 1.97. The molecule has 0 atom stereocenters. The molecule has 0 amide bonds. The second-order valence-corrected chi connectivity index (χ2v) is 4.63. The third-order valence-electron chi connectivity index (χ3n) is 2.43. The number of pyridine rings is 1. The number of aromatic nitrogens is 4. The van der Waals surface area contributed by atoms with Crippen molar-refractivity contribution >= 4 is 15.9 Å². The van der Waals surface area contributed by atoms with Crippen LogP contribution in [-0.2, 0) is 0 Å². The zero-order chi connectivity index (χ0) is 10.3. The van der Waals surface area contributed by atoms with Gasteiger partial charge in [0.15, 0.2) is 5.82 Å². The quantitative estimate of drug-likeness (QED) is 0.907. The summed E-state index contributed by atoms with van der Waals surface area (Å²) < 4.78 is 0.942. The molecule has 2 heterocycles. The van der Waals surface area contributed by atoms with Gasteiger partial charge in [-0.3, -0.25) is 10.1 Å². The van der Waals surface area contributed by atoms with Crippen LogP contribution >= 0.6 is 15.9 Å². The molecule has 2 aromatic heterocycles. The number of nitrogens with one attached hydrogen (secondary N) is 1. The van der Waals surface area contributed by atoms with Crippen molar-refractivity contribution in [3.05, 3.63) is 28.8 Å². The van der Waals surface area contributed by atoms with Gasteiger partial charge in [0, 0.05) is 28.3 Å². The smallest absolute Gasteiger partial charge is 0.182 e. The van der Waals surface area contributed by atoms with Crippen molar-refractivity contribution in [2.45, 2.75) is 18.8 Å². The number of nitrogens with zero attached hydrogens (tertiary/aromatic N) is 3. The molecule has 76 valence electrons. The van der Waals surface area contributed by atoms with Crippen LogP contribution in [-0.4, -0.2) is 20.2 Å². The molecule has 4 nitrogen and oxygen atoms in total. The Labute approximate surface area is 95.3 Å². The van der Waals surface area contributed by atoms with Crippen LogP contribution in [0.25, 0.3) is 11.4 Å². The van der Waals surface area contributed by atoms with E-state index in [-0.39, 0.29) is 0 Å². The van der Waals surface area contributed by atoms with Gasteiger partial charge >= 0.3 is 0 Å². The van der Waals surface area contributed by atoms with Crippen LogP contribution in [0.1, 0.15) is 24.6 Å². The van der Waals surface area contributed by atoms with E-state index in [2.05, 4.69) is 36.1 Å². The average Bonchev–Trinajstić information content (AvgIpc) is 2.97. The van der Waals surface area contributed by atoms with Crippen LogP contribution in [0.2, 0.25) is 0 Å². The van der Waals surface area contributed by atoms with Gasteiger partial charge in [0.05, 0.1) is 0 Å². The van der Waals surface area contributed by atoms with Crippen LogP contribution in [0.4, 0.5) is 0 Å². The highest BCUT2D eigenvalue weighted by atomic mass is 79.9. The highest BCUT2D eigenvalue weighted by Crippen LogP contribution is 2.38. The number of hydrogen-bond donors (Lipinski definition) is 1. The van der Waals surface area contributed by atoms with Crippen LogP contribution in [0.15, 0.2) is 22.9 Å². The number of aromatic amines is 1. The lowest BCUT2D eigenvalue weighted by molar-refractivity contribution is 0.935. The summed E-state index contributed by atoms with van der Waals surface area (Å²) >= 11 is 3.38. The maximum absolute atomic E-state index is 4.46. The second-order valence-electron chi connectivity index (χ2n) is 3.71. The molecular weight excluding hydrogens is 256 g/mol. The van der Waals surface area contributed by atoms with E-state index in [1.165, 1.54) is 12.8 Å². The Morgan fingerprint density at radius 2 is 2.20 bits per heavy atom. The Hall–Kier alpha value is -1.23. The molecule has 5 heteroatoms. The van der Waals surface area contributed by atoms with Gasteiger partial charge in [-0.15, -0.1) is 0 Å². The van der Waals surface area contributed by atoms with Gasteiger partial charge in [-0.2, -0.15) is 5.10 Å². The molecule has 0 spiro atoms. The number of rotatable bonds is 2. The molecule has 0 radical (unpaired) electrons. The Morgan fingerprint density at radius 3 is 2.93 bits per heavy atom. The molecule has 1 fully saturated rings. The Morgan fingerprint density at radius 1 is 1.33 bits per heavy atom. The molecule has 1 N–H and O–H groups in total. The molecule has 15 heavy (non-hydrogen) atoms. The number of hydrogen-bond acceptors (Lipinski definition) is 3. The van der Waals surface area contributed by atoms with Crippen LogP contribution < -0.4 is 0 Å². The molecular formula is C10H9BrN4. The van der Waals surface area contributed by atoms with E-state index < -0.39 is 0 Å². The summed E-state index contributed by atoms with van der Waals surface area (Å²) in [5.41, 5.74) is 0.938. The van der Waals surface area contributed by atoms with E-state index in [9.17, 15) is 0 Å². The minimum atomic E-state index is 0.603. The highest BCUT2D eigenvalue weighted by Gasteiger charge is 2.27. The fourth-order valence-corrected chi connectivity index (χ4v) is 1.84. The molecule has 0 unspecified atom stereocenters. The first-order valence-electron chi connectivity index (χ1n) is 4.86. The predicted octanol–water partition coefficient (Wildman–Crippen LogP) is 2.51. The first kappa shape index (κ1) is 9.03. The van der Waals surface area contributed by atoms with Gasteiger partial charge in [0.1, 0.15) is 5.82 Å². The van der Waals surface area contributed by atoms with Crippen molar-refractivity contribution in [2.75, 3.05) is 0 Å². The molecule has 3 rings (SSSR count). The summed E-state index contributed by atoms with van der Waals surface area (Å²) in [5.74, 6) is 2.34. The third-order valence-corrected chi connectivity index (χ3v) is 2.86. The van der Waals surface area contributed by atoms with Crippen molar-refractivity contribution in [2.24, 2.45) is 0 Å². The number of H-pyrrole nitrogens is 1. The van der Waals surface area contributed by atoms with E-state index in [0.717, 1.165) is 21.7 Å². The molecule has 0 saturated heterocycles. The fraction of sp³-hybridized carbons (Fsp3) is 0.300. The SMILES string of the molecule is Brc1cncc(-c2n[nH]c(C3CC3)n2)c1. The van der Waals surface area contributed by atoms with Crippen molar-refractivity contribution in [1.82, 2.24) is 20.2 Å². The van der Waals surface area contributed by atoms with E-state index in [4.69, 9.17) is 0 Å². The summed E-state index contributed by atoms with van der Waals surface area (Å²) in [6.45, 7) is 0. The minimum Gasteiger partial charge on any atom is -0.263 e. The van der Waals surface area contributed by atoms with Gasteiger partial charge in [-0.1, -0.05) is 0 Å². The standard InChI is InChI=1S/C10H9BrN4/c11-8-3-7(4-12-5-8)10-13-9(14-15-10)6-1-2-6/h3-6H,1-2H2,(H,13,14,15). The summed E-state index contributed by atoms with van der Waals surface area (Å²) in [5, 5.41) is 7.17. The minimum absolute atomic E-state index is 0.603. The highest BCUT2D eigenvalue weighted by molar-refractivity contribution is 9.10. The van der Waals surface area contributed by atoms with Gasteiger partial charge in [-0.25, -0.2) is 4.98 Å². The van der Waals surface area contributed by atoms with Gasteiger partial charge in [0.2, 0.25) is 0 Å². The first-order chi connectivity index (χ1) is 7.33. The maximum Gasteiger partial charge on any atom is 0.182 e. The second kappa shape index (κ2) is 3.41. The lowest BCUT2D eigenvalue weighted by atomic mass is 10.3. The summed E-state index contributed by atoms with van der Waals surface area (Å²) in [6.07, 6.45) is 5.97. The molecule has 1 aliphatic carbocycles. The van der Waals surface area contributed by atoms with Crippen LogP contribution in [0.5, 0.6) is 0 Å². The van der Waals surface area contributed by atoms with Gasteiger partial charge < -0.3 is 0 Å². The topological polar surface area (TPSA) is 54.5 Å². The predicted molar refractivity (Wildman–Crippen MR) is 59.3 cm³/mol. The molecule has 1 saturated carbocycles. The van der Waals surface area contributed by atoms with Crippen molar-refractivity contribution in [3.8, 4) is 11.4 Å². The normalized spacial score (nSPS) is 15.5. The van der Waals surface area contributed by atoms with Crippen molar-refractivity contribution in [3.63, 3.8) is 0 Å². The van der Waals surface area contributed by atoms with E-state index in [0.29, 0.717) is 5.92 Å². The summed E-state index contributed by atoms with van der Waals surface area (Å²) in [7, 11) is 0. The van der Waals surface area contributed by atoms with Gasteiger partial charge in [0.25, 0.3) is 0 Å². The fourth-order valence-electron chi connectivity index (χ4n) is 1.48. The molecule has 0 aromatic carbocycles. The van der Waals surface area contributed by atoms with Crippen molar-refractivity contribution in [1.29, 1.82) is 0 Å². The maximum atomic E-state index is 4.46. The molecule has 0 aliphatic heterocycles. The number of halogens is 1. The zero-order valence-corrected chi connectivity index (χ0v) is 9.53. The van der Waals surface area contributed by atoms with Gasteiger partial charge in [-0.05, 0) is 34.8 Å². The molecule has 1 aliphatic rings. The Kier molecular flexibility index (Phi) is 2.05. The Bertz CT molecular complexity index is 490. The van der Waals surface area contributed by atoms with E-state index >= 15 is 0 Å². The largest absolute Gasteiger partial charge is 0.263 e. The molecule has 2 aromatic rings. The van der Waals surface area contributed by atoms with E-state index in [1.54, 1.807) is 12.4 Å². The Balaban J connectivity index is 1.97. The zero-order valence-electron chi connectivity index (χ0n) is 7.94. The van der Waals surface area contributed by atoms with Crippen LogP contribution in [0, 0.1) is 0 Å². The monoisotopic (exact) mass is 264 g/mol. The first-order valence-corrected chi connectivity index (χ1v) is 5.65. The lowest BCUT2D eigenvalue weighted by Crippen LogP contribution is -1.83. The average molecular weight is 265 g/mol. The lowest BCUT2D eigenvalue weighted by Gasteiger charge is -1.94. The summed E-state index contributed by atoms with van der Waals surface area (Å²) in [4.78, 5) is 8.55. The van der Waals surface area contributed by atoms with E-state index in [1.807, 2.05) is 6.07 Å². The molecule has 0 bridgehead atoms. The van der Waals surface area contributed by atoms with Crippen molar-refractivity contribution < 1.29 is 0 Å². The third kappa shape index (κ3) is 1.79.